The van der Waals surface area contributed by atoms with Crippen molar-refractivity contribution in [2.45, 2.75) is 341 Å². The molecule has 69 heavy (non-hydrogen) atoms. The minimum absolute atomic E-state index is 0.00933. The fourth-order valence-corrected chi connectivity index (χ4v) is 9.43. The van der Waals surface area contributed by atoms with Gasteiger partial charge in [0.1, 0.15) is 0 Å². The number of allylic oxidation sites excluding steroid dienone is 6. The molecule has 0 bridgehead atoms. The average Bonchev–Trinajstić information content (AvgIpc) is 3.35. The number of carbonyl (C=O) groups excluding carboxylic acids is 2. The molecule has 3 N–H and O–H groups in total. The van der Waals surface area contributed by atoms with E-state index in [2.05, 4.69) is 55.6 Å². The van der Waals surface area contributed by atoms with Crippen LogP contribution in [0, 0.1) is 0 Å². The molecule has 2 atom stereocenters. The lowest BCUT2D eigenvalue weighted by Gasteiger charge is -2.22. The number of nitrogens with one attached hydrogen (secondary N) is 1. The number of rotatable bonds is 57. The molecule has 1 amide bonds. The Morgan fingerprint density at radius 1 is 0.406 bits per heavy atom. The molecule has 6 heteroatoms. The van der Waals surface area contributed by atoms with Gasteiger partial charge in [-0.25, -0.2) is 0 Å². The van der Waals surface area contributed by atoms with E-state index in [1.54, 1.807) is 0 Å². The third-order valence-corrected chi connectivity index (χ3v) is 14.2. The maximum Gasteiger partial charge on any atom is 0.305 e. The average molecular weight is 971 g/mol. The van der Waals surface area contributed by atoms with Gasteiger partial charge in [-0.1, -0.05) is 269 Å². The molecule has 0 saturated carbocycles. The van der Waals surface area contributed by atoms with Gasteiger partial charge in [0.15, 0.2) is 0 Å². The first-order chi connectivity index (χ1) is 34.0. The van der Waals surface area contributed by atoms with Crippen molar-refractivity contribution >= 4 is 11.9 Å². The molecular formula is C63H119NO5. The van der Waals surface area contributed by atoms with Gasteiger partial charge in [0, 0.05) is 12.8 Å². The van der Waals surface area contributed by atoms with Crippen molar-refractivity contribution in [1.29, 1.82) is 0 Å². The lowest BCUT2D eigenvalue weighted by atomic mass is 10.0. The van der Waals surface area contributed by atoms with Gasteiger partial charge in [-0.3, -0.25) is 9.59 Å². The SMILES string of the molecule is CCCCCC/C=C\C/C=C\CCCCCCCC(=O)OCCCCCCCCCC/C=C\CCCCCCCCCC(=O)NC(CO)C(O)CCCCCCCCCCCCCCCCCCC. The number of carbonyl (C=O) groups is 2. The summed E-state index contributed by atoms with van der Waals surface area (Å²) < 4.78 is 5.47. The molecule has 0 saturated heterocycles. The van der Waals surface area contributed by atoms with E-state index in [1.165, 1.54) is 238 Å². The van der Waals surface area contributed by atoms with Gasteiger partial charge in [0.2, 0.25) is 5.91 Å². The Morgan fingerprint density at radius 3 is 1.13 bits per heavy atom. The first-order valence-electron chi connectivity index (χ1n) is 30.7. The number of ether oxygens (including phenoxy) is 1. The Balaban J connectivity index is 3.45. The number of aliphatic hydroxyl groups is 2. The van der Waals surface area contributed by atoms with Crippen molar-refractivity contribution in [2.75, 3.05) is 13.2 Å². The van der Waals surface area contributed by atoms with E-state index < -0.39 is 12.1 Å². The third-order valence-electron chi connectivity index (χ3n) is 14.2. The lowest BCUT2D eigenvalue weighted by Crippen LogP contribution is -2.45. The van der Waals surface area contributed by atoms with Gasteiger partial charge in [0.25, 0.3) is 0 Å². The van der Waals surface area contributed by atoms with Gasteiger partial charge in [-0.15, -0.1) is 0 Å². The molecular weight excluding hydrogens is 851 g/mol. The van der Waals surface area contributed by atoms with E-state index in [1.807, 2.05) is 0 Å². The summed E-state index contributed by atoms with van der Waals surface area (Å²) in [4.78, 5) is 24.6. The van der Waals surface area contributed by atoms with Crippen molar-refractivity contribution in [1.82, 2.24) is 5.32 Å². The molecule has 6 nitrogen and oxygen atoms in total. The van der Waals surface area contributed by atoms with Crippen LogP contribution in [0.2, 0.25) is 0 Å². The zero-order valence-corrected chi connectivity index (χ0v) is 46.3. The van der Waals surface area contributed by atoms with Gasteiger partial charge in [-0.05, 0) is 83.5 Å². The second-order valence-electron chi connectivity index (χ2n) is 21.0. The Hall–Kier alpha value is -1.92. The highest BCUT2D eigenvalue weighted by atomic mass is 16.5. The van der Waals surface area contributed by atoms with E-state index in [0.29, 0.717) is 25.9 Å². The summed E-state index contributed by atoms with van der Waals surface area (Å²) in [6.07, 6.45) is 72.8. The monoisotopic (exact) mass is 970 g/mol. The van der Waals surface area contributed by atoms with Crippen molar-refractivity contribution in [2.24, 2.45) is 0 Å². The number of hydrogen-bond acceptors (Lipinski definition) is 5. The second-order valence-corrected chi connectivity index (χ2v) is 21.0. The zero-order chi connectivity index (χ0) is 50.0. The van der Waals surface area contributed by atoms with Crippen molar-refractivity contribution < 1.29 is 24.5 Å². The topological polar surface area (TPSA) is 95.9 Å². The number of unbranched alkanes of at least 4 members (excludes halogenated alkanes) is 40. The quantitative estimate of drug-likeness (QED) is 0.0321. The molecule has 0 aromatic rings. The van der Waals surface area contributed by atoms with E-state index in [4.69, 9.17) is 4.74 Å². The number of amides is 1. The van der Waals surface area contributed by atoms with Crippen LogP contribution in [0.15, 0.2) is 36.5 Å². The second kappa shape index (κ2) is 58.6. The fourth-order valence-electron chi connectivity index (χ4n) is 9.43. The van der Waals surface area contributed by atoms with Crippen LogP contribution in [0.1, 0.15) is 328 Å². The van der Waals surface area contributed by atoms with Crippen LogP contribution in [0.3, 0.4) is 0 Å². The molecule has 0 aromatic heterocycles. The van der Waals surface area contributed by atoms with Crippen LogP contribution in [-0.2, 0) is 14.3 Å². The third kappa shape index (κ3) is 55.2. The minimum atomic E-state index is -0.671. The molecule has 2 unspecified atom stereocenters. The van der Waals surface area contributed by atoms with E-state index in [0.717, 1.165) is 57.8 Å². The van der Waals surface area contributed by atoms with E-state index in [9.17, 15) is 19.8 Å². The normalized spacial score (nSPS) is 12.8. The Labute approximate surface area is 430 Å². The molecule has 0 heterocycles. The number of hydrogen-bond donors (Lipinski definition) is 3. The predicted molar refractivity (Wildman–Crippen MR) is 301 cm³/mol. The highest BCUT2D eigenvalue weighted by Crippen LogP contribution is 2.17. The van der Waals surface area contributed by atoms with Crippen molar-refractivity contribution in [3.8, 4) is 0 Å². The summed E-state index contributed by atoms with van der Waals surface area (Å²) >= 11 is 0. The van der Waals surface area contributed by atoms with Gasteiger partial charge in [-0.2, -0.15) is 0 Å². The fraction of sp³-hybridized carbons (Fsp3) is 0.873. The van der Waals surface area contributed by atoms with Crippen LogP contribution in [0.4, 0.5) is 0 Å². The van der Waals surface area contributed by atoms with Gasteiger partial charge < -0.3 is 20.3 Å². The van der Waals surface area contributed by atoms with Crippen LogP contribution in [0.25, 0.3) is 0 Å². The molecule has 0 rings (SSSR count). The van der Waals surface area contributed by atoms with E-state index in [-0.39, 0.29) is 18.5 Å². The summed E-state index contributed by atoms with van der Waals surface area (Å²) in [5.74, 6) is -0.0525. The molecule has 406 valence electrons. The smallest absolute Gasteiger partial charge is 0.305 e. The molecule has 0 aromatic carbocycles. The summed E-state index contributed by atoms with van der Waals surface area (Å²) in [5.41, 5.74) is 0. The molecule has 0 radical (unpaired) electrons. The molecule has 0 spiro atoms. The van der Waals surface area contributed by atoms with Crippen LogP contribution in [0.5, 0.6) is 0 Å². The maximum atomic E-state index is 12.5. The minimum Gasteiger partial charge on any atom is -0.466 e. The van der Waals surface area contributed by atoms with Gasteiger partial charge in [0.05, 0.1) is 25.4 Å². The molecule has 0 aliphatic carbocycles. The van der Waals surface area contributed by atoms with E-state index >= 15 is 0 Å². The zero-order valence-electron chi connectivity index (χ0n) is 46.3. The van der Waals surface area contributed by atoms with Crippen LogP contribution < -0.4 is 5.32 Å². The highest BCUT2D eigenvalue weighted by molar-refractivity contribution is 5.76. The summed E-state index contributed by atoms with van der Waals surface area (Å²) in [7, 11) is 0. The summed E-state index contributed by atoms with van der Waals surface area (Å²) in [5, 5.41) is 23.3. The summed E-state index contributed by atoms with van der Waals surface area (Å²) in [6.45, 7) is 4.93. The first-order valence-corrected chi connectivity index (χ1v) is 30.7. The largest absolute Gasteiger partial charge is 0.466 e. The van der Waals surface area contributed by atoms with Crippen molar-refractivity contribution in [3.05, 3.63) is 36.5 Å². The highest BCUT2D eigenvalue weighted by Gasteiger charge is 2.20. The number of aliphatic hydroxyl groups excluding tert-OH is 2. The first kappa shape index (κ1) is 67.1. The van der Waals surface area contributed by atoms with Crippen LogP contribution >= 0.6 is 0 Å². The Bertz CT molecular complexity index is 1120. The van der Waals surface area contributed by atoms with Crippen molar-refractivity contribution in [3.63, 3.8) is 0 Å². The molecule has 0 aliphatic rings. The molecule has 0 fully saturated rings. The predicted octanol–water partition coefficient (Wildman–Crippen LogP) is 19.2. The summed E-state index contributed by atoms with van der Waals surface area (Å²) in [6, 6.07) is -0.550. The van der Waals surface area contributed by atoms with Crippen LogP contribution in [-0.4, -0.2) is 47.4 Å². The molecule has 0 aliphatic heterocycles. The Morgan fingerprint density at radius 2 is 0.725 bits per heavy atom. The standard InChI is InChI=1S/C63H119NO5/c1-3-5-7-9-11-13-15-17-19-24-27-31-35-39-43-47-51-55-61(66)60(59-65)64-62(67)56-52-48-44-40-36-32-28-25-22-21-23-26-30-34-38-42-46-50-54-58-69-63(68)57-53-49-45-41-37-33-29-20-18-16-14-12-10-8-6-4-2/h14,16,20-22,29,60-61,65-66H,3-13,15,17-19,23-28,30-59H2,1-2H3,(H,64,67)/b16-14-,22-21-,29-20-. The Kier molecular flexibility index (Phi) is 57.0. The maximum absolute atomic E-state index is 12.5. The number of esters is 1. The lowest BCUT2D eigenvalue weighted by molar-refractivity contribution is -0.143. The van der Waals surface area contributed by atoms with Gasteiger partial charge >= 0.3 is 5.97 Å².